The van der Waals surface area contributed by atoms with E-state index in [9.17, 15) is 14.9 Å². The van der Waals surface area contributed by atoms with Crippen LogP contribution in [0.15, 0.2) is 89.5 Å². The fourth-order valence-corrected chi connectivity index (χ4v) is 5.26. The van der Waals surface area contributed by atoms with E-state index in [2.05, 4.69) is 5.32 Å². The number of nitrogens with zero attached hydrogens (tertiary/aromatic N) is 2. The summed E-state index contributed by atoms with van der Waals surface area (Å²) in [6.45, 7) is 0.267. The Morgan fingerprint density at radius 3 is 2.35 bits per heavy atom. The Labute approximate surface area is 212 Å². The first-order valence-electron chi connectivity index (χ1n) is 10.4. The van der Waals surface area contributed by atoms with Crippen molar-refractivity contribution in [2.75, 3.05) is 4.90 Å². The molecule has 8 heteroatoms. The van der Waals surface area contributed by atoms with Crippen LogP contribution in [0, 0.1) is 11.3 Å². The van der Waals surface area contributed by atoms with Crippen LogP contribution in [0.2, 0.25) is 10.0 Å². The van der Waals surface area contributed by atoms with Gasteiger partial charge in [0.1, 0.15) is 16.7 Å². The van der Waals surface area contributed by atoms with Gasteiger partial charge in [-0.2, -0.15) is 5.26 Å². The number of carbonyl (C=O) groups is 2. The van der Waals surface area contributed by atoms with Gasteiger partial charge in [-0.3, -0.25) is 14.5 Å². The molecule has 3 aromatic carbocycles. The van der Waals surface area contributed by atoms with E-state index < -0.39 is 11.2 Å². The molecule has 1 aliphatic heterocycles. The fraction of sp³-hybridized carbons (Fsp3) is 0.115. The molecule has 1 N–H and O–H groups in total. The average molecular weight is 508 g/mol. The van der Waals surface area contributed by atoms with Crippen LogP contribution in [-0.2, 0) is 22.6 Å². The first-order chi connectivity index (χ1) is 16.5. The number of amides is 2. The van der Waals surface area contributed by atoms with Crippen LogP contribution in [0.1, 0.15) is 11.1 Å². The molecule has 0 radical (unpaired) electrons. The van der Waals surface area contributed by atoms with Gasteiger partial charge in [0.05, 0.1) is 15.3 Å². The quantitative estimate of drug-likeness (QED) is 0.341. The molecule has 1 saturated heterocycles. The van der Waals surface area contributed by atoms with Gasteiger partial charge >= 0.3 is 0 Å². The molecule has 2 amide bonds. The van der Waals surface area contributed by atoms with Crippen molar-refractivity contribution >= 4 is 52.5 Å². The van der Waals surface area contributed by atoms with Crippen LogP contribution in [0.25, 0.3) is 0 Å². The zero-order valence-corrected chi connectivity index (χ0v) is 20.2. The standard InChI is InChI=1S/C26H19Cl2N3O2S/c27-21-13-7-10-18(23(21)28)14-22-25(33)31(19-11-5-2-6-12-19)26(34-22)20(15-29)24(32)30-16-17-8-3-1-4-9-17/h1-13,22H,14,16H2,(H,30,32). The highest BCUT2D eigenvalue weighted by molar-refractivity contribution is 8.05. The molecule has 1 aliphatic rings. The number of rotatable bonds is 6. The number of hydrogen-bond donors (Lipinski definition) is 1. The minimum Gasteiger partial charge on any atom is -0.347 e. The molecule has 5 nitrogen and oxygen atoms in total. The number of carbonyl (C=O) groups excluding carboxylic acids is 2. The third-order valence-electron chi connectivity index (χ3n) is 5.25. The van der Waals surface area contributed by atoms with Crippen molar-refractivity contribution in [3.63, 3.8) is 0 Å². The molecule has 3 aromatic rings. The number of hydrogen-bond acceptors (Lipinski definition) is 4. The third-order valence-corrected chi connectivity index (χ3v) is 7.37. The lowest BCUT2D eigenvalue weighted by Gasteiger charge is -2.18. The maximum Gasteiger partial charge on any atom is 0.264 e. The highest BCUT2D eigenvalue weighted by Gasteiger charge is 2.41. The summed E-state index contributed by atoms with van der Waals surface area (Å²) in [7, 11) is 0. The van der Waals surface area contributed by atoms with Gasteiger partial charge in [0, 0.05) is 12.2 Å². The van der Waals surface area contributed by atoms with Gasteiger partial charge in [-0.05, 0) is 35.7 Å². The van der Waals surface area contributed by atoms with Crippen molar-refractivity contribution in [1.82, 2.24) is 5.32 Å². The van der Waals surface area contributed by atoms with Crippen LogP contribution in [-0.4, -0.2) is 17.1 Å². The van der Waals surface area contributed by atoms with Gasteiger partial charge < -0.3 is 5.32 Å². The second-order valence-electron chi connectivity index (χ2n) is 7.49. The maximum atomic E-state index is 13.5. The van der Waals surface area contributed by atoms with Crippen LogP contribution >= 0.6 is 35.0 Å². The van der Waals surface area contributed by atoms with Crippen molar-refractivity contribution < 1.29 is 9.59 Å². The molecule has 4 rings (SSSR count). The summed E-state index contributed by atoms with van der Waals surface area (Å²) in [5, 5.41) is 13.2. The Morgan fingerprint density at radius 2 is 1.68 bits per heavy atom. The monoisotopic (exact) mass is 507 g/mol. The van der Waals surface area contributed by atoms with E-state index in [1.807, 2.05) is 48.5 Å². The number of thioether (sulfide) groups is 1. The molecular weight excluding hydrogens is 489 g/mol. The molecule has 1 unspecified atom stereocenters. The molecule has 34 heavy (non-hydrogen) atoms. The van der Waals surface area contributed by atoms with Gasteiger partial charge in [-0.15, -0.1) is 0 Å². The van der Waals surface area contributed by atoms with Gasteiger partial charge in [0.2, 0.25) is 5.91 Å². The van der Waals surface area contributed by atoms with Crippen LogP contribution < -0.4 is 10.2 Å². The largest absolute Gasteiger partial charge is 0.347 e. The summed E-state index contributed by atoms with van der Waals surface area (Å²) in [6.07, 6.45) is 0.306. The number of anilines is 1. The van der Waals surface area contributed by atoms with E-state index >= 15 is 0 Å². The van der Waals surface area contributed by atoms with Gasteiger partial charge in [-0.25, -0.2) is 0 Å². The van der Waals surface area contributed by atoms with E-state index in [1.54, 1.807) is 36.4 Å². The summed E-state index contributed by atoms with van der Waals surface area (Å²) in [6, 6.07) is 25.7. The zero-order chi connectivity index (χ0) is 24.1. The Bertz CT molecular complexity index is 1290. The lowest BCUT2D eigenvalue weighted by atomic mass is 10.1. The Hall–Kier alpha value is -3.24. The smallest absolute Gasteiger partial charge is 0.264 e. The van der Waals surface area contributed by atoms with E-state index in [-0.39, 0.29) is 18.0 Å². The number of benzene rings is 3. The molecule has 1 fully saturated rings. The van der Waals surface area contributed by atoms with Crippen LogP contribution in [0.5, 0.6) is 0 Å². The van der Waals surface area contributed by atoms with E-state index in [1.165, 1.54) is 16.7 Å². The van der Waals surface area contributed by atoms with Crippen LogP contribution in [0.4, 0.5) is 5.69 Å². The van der Waals surface area contributed by atoms with E-state index in [0.29, 0.717) is 27.2 Å². The van der Waals surface area contributed by atoms with Crippen molar-refractivity contribution in [3.05, 3.63) is 111 Å². The molecule has 170 valence electrons. The highest BCUT2D eigenvalue weighted by Crippen LogP contribution is 2.42. The summed E-state index contributed by atoms with van der Waals surface area (Å²) in [4.78, 5) is 27.9. The third kappa shape index (κ3) is 5.13. The fourth-order valence-electron chi connectivity index (χ4n) is 3.57. The number of nitrogens with one attached hydrogen (secondary N) is 1. The number of halogens is 2. The molecule has 0 spiro atoms. The zero-order valence-electron chi connectivity index (χ0n) is 17.9. The maximum absolute atomic E-state index is 13.5. The second-order valence-corrected chi connectivity index (χ2v) is 9.47. The van der Waals surface area contributed by atoms with Crippen molar-refractivity contribution in [2.45, 2.75) is 18.2 Å². The van der Waals surface area contributed by atoms with Gasteiger partial charge in [0.25, 0.3) is 5.91 Å². The SMILES string of the molecule is N#CC(C(=O)NCc1ccccc1)=C1SC(Cc2cccc(Cl)c2Cl)C(=O)N1c1ccccc1. The first-order valence-corrected chi connectivity index (χ1v) is 12.1. The average Bonchev–Trinajstić information content (AvgIpc) is 3.17. The van der Waals surface area contributed by atoms with Gasteiger partial charge in [-0.1, -0.05) is 95.6 Å². The summed E-state index contributed by atoms with van der Waals surface area (Å²) in [5.74, 6) is -0.769. The Balaban J connectivity index is 1.67. The molecule has 1 heterocycles. The number of para-hydroxylation sites is 1. The minimum atomic E-state index is -0.573. The predicted molar refractivity (Wildman–Crippen MR) is 136 cm³/mol. The normalized spacial score (nSPS) is 16.8. The lowest BCUT2D eigenvalue weighted by Crippen LogP contribution is -2.32. The highest BCUT2D eigenvalue weighted by atomic mass is 35.5. The molecule has 0 aliphatic carbocycles. The van der Waals surface area contributed by atoms with Crippen molar-refractivity contribution in [2.24, 2.45) is 0 Å². The second kappa shape index (κ2) is 10.8. The van der Waals surface area contributed by atoms with Gasteiger partial charge in [0.15, 0.2) is 0 Å². The van der Waals surface area contributed by atoms with Crippen molar-refractivity contribution in [3.8, 4) is 6.07 Å². The van der Waals surface area contributed by atoms with Crippen LogP contribution in [0.3, 0.4) is 0 Å². The Morgan fingerprint density at radius 1 is 1.00 bits per heavy atom. The molecular formula is C26H19Cl2N3O2S. The molecule has 0 aromatic heterocycles. The Kier molecular flexibility index (Phi) is 7.59. The molecule has 1 atom stereocenters. The first kappa shape index (κ1) is 23.9. The molecule has 0 bridgehead atoms. The van der Waals surface area contributed by atoms with E-state index in [0.717, 1.165) is 11.1 Å². The van der Waals surface area contributed by atoms with E-state index in [4.69, 9.17) is 23.2 Å². The topological polar surface area (TPSA) is 73.2 Å². The summed E-state index contributed by atoms with van der Waals surface area (Å²) >= 11 is 13.7. The molecule has 0 saturated carbocycles. The summed E-state index contributed by atoms with van der Waals surface area (Å²) in [5.41, 5.74) is 2.10. The lowest BCUT2D eigenvalue weighted by molar-refractivity contribution is -0.117. The van der Waals surface area contributed by atoms with Crippen molar-refractivity contribution in [1.29, 1.82) is 5.26 Å². The number of nitriles is 1. The minimum absolute atomic E-state index is 0.113. The predicted octanol–water partition coefficient (Wildman–Crippen LogP) is 5.74. The summed E-state index contributed by atoms with van der Waals surface area (Å²) < 4.78 is 0.